The molecule has 1 saturated heterocycles. The van der Waals surface area contributed by atoms with Crippen molar-refractivity contribution >= 4 is 0 Å². The summed E-state index contributed by atoms with van der Waals surface area (Å²) in [6.07, 6.45) is 6.20. The van der Waals surface area contributed by atoms with Crippen LogP contribution >= 0.6 is 0 Å². The fourth-order valence-electron chi connectivity index (χ4n) is 3.16. The van der Waals surface area contributed by atoms with Crippen LogP contribution in [0.1, 0.15) is 57.1 Å². The van der Waals surface area contributed by atoms with E-state index in [-0.39, 0.29) is 0 Å². The van der Waals surface area contributed by atoms with Crippen molar-refractivity contribution in [2.45, 2.75) is 64.5 Å². The van der Waals surface area contributed by atoms with Gasteiger partial charge in [-0.15, -0.1) is 0 Å². The molecule has 0 saturated carbocycles. The van der Waals surface area contributed by atoms with E-state index in [1.54, 1.807) is 0 Å². The Hall–Kier alpha value is -0.900. The topological polar surface area (TPSA) is 34.0 Å². The molecule has 0 aromatic carbocycles. The first-order chi connectivity index (χ1) is 8.74. The van der Waals surface area contributed by atoms with Crippen molar-refractivity contribution in [2.24, 2.45) is 0 Å². The van der Waals surface area contributed by atoms with Gasteiger partial charge in [0.25, 0.3) is 0 Å². The molecule has 1 aromatic heterocycles. The fraction of sp³-hybridized carbons (Fsp3) is 0.857. The molecule has 100 valence electrons. The Morgan fingerprint density at radius 1 is 1.17 bits per heavy atom. The predicted octanol–water partition coefficient (Wildman–Crippen LogP) is 2.20. The van der Waals surface area contributed by atoms with E-state index in [1.165, 1.54) is 38.1 Å². The Morgan fingerprint density at radius 2 is 2.06 bits per heavy atom. The highest BCUT2D eigenvalue weighted by Gasteiger charge is 2.27. The highest BCUT2D eigenvalue weighted by molar-refractivity contribution is 5.03. The third-order valence-electron chi connectivity index (χ3n) is 4.33. The molecule has 2 aliphatic rings. The second-order valence-electron chi connectivity index (χ2n) is 5.99. The SMILES string of the molecule is CC(C)N1CCCC(c2nc3n(n2)CCCC3)C1. The normalized spacial score (nSPS) is 25.4. The molecule has 1 fully saturated rings. The van der Waals surface area contributed by atoms with Gasteiger partial charge in [-0.2, -0.15) is 5.10 Å². The van der Waals surface area contributed by atoms with Crippen LogP contribution in [-0.2, 0) is 13.0 Å². The zero-order chi connectivity index (χ0) is 12.5. The Labute approximate surface area is 109 Å². The van der Waals surface area contributed by atoms with Crippen LogP contribution in [-0.4, -0.2) is 38.8 Å². The van der Waals surface area contributed by atoms with Crippen LogP contribution < -0.4 is 0 Å². The number of aromatic nitrogens is 3. The van der Waals surface area contributed by atoms with Crippen molar-refractivity contribution in [3.63, 3.8) is 0 Å². The van der Waals surface area contributed by atoms with Crippen molar-refractivity contribution < 1.29 is 0 Å². The molecule has 4 nitrogen and oxygen atoms in total. The lowest BCUT2D eigenvalue weighted by Crippen LogP contribution is -2.39. The first-order valence-electron chi connectivity index (χ1n) is 7.41. The van der Waals surface area contributed by atoms with Gasteiger partial charge in [0.1, 0.15) is 5.82 Å². The van der Waals surface area contributed by atoms with E-state index in [1.807, 2.05) is 0 Å². The summed E-state index contributed by atoms with van der Waals surface area (Å²) in [4.78, 5) is 7.36. The lowest BCUT2D eigenvalue weighted by atomic mass is 9.96. The van der Waals surface area contributed by atoms with Gasteiger partial charge in [0.15, 0.2) is 5.82 Å². The Bertz CT molecular complexity index is 386. The van der Waals surface area contributed by atoms with E-state index >= 15 is 0 Å². The van der Waals surface area contributed by atoms with Crippen molar-refractivity contribution in [1.29, 1.82) is 0 Å². The second kappa shape index (κ2) is 5.00. The summed E-state index contributed by atoms with van der Waals surface area (Å²) in [6.45, 7) is 8.02. The number of piperidine rings is 1. The third kappa shape index (κ3) is 2.30. The highest BCUT2D eigenvalue weighted by atomic mass is 15.4. The molecule has 2 aliphatic heterocycles. The van der Waals surface area contributed by atoms with Crippen LogP contribution in [0.2, 0.25) is 0 Å². The smallest absolute Gasteiger partial charge is 0.155 e. The Balaban J connectivity index is 1.75. The van der Waals surface area contributed by atoms with E-state index in [0.29, 0.717) is 12.0 Å². The summed E-state index contributed by atoms with van der Waals surface area (Å²) in [6, 6.07) is 0.644. The number of aryl methyl sites for hydroxylation is 2. The van der Waals surface area contributed by atoms with Crippen LogP contribution in [0.15, 0.2) is 0 Å². The van der Waals surface area contributed by atoms with E-state index in [0.717, 1.165) is 25.3 Å². The Morgan fingerprint density at radius 3 is 2.83 bits per heavy atom. The zero-order valence-corrected chi connectivity index (χ0v) is 11.6. The molecule has 0 radical (unpaired) electrons. The average molecular weight is 248 g/mol. The van der Waals surface area contributed by atoms with E-state index in [2.05, 4.69) is 23.4 Å². The maximum atomic E-state index is 4.79. The molecule has 3 rings (SSSR count). The van der Waals surface area contributed by atoms with Crippen molar-refractivity contribution in [3.8, 4) is 0 Å². The van der Waals surface area contributed by atoms with Crippen LogP contribution in [0.25, 0.3) is 0 Å². The van der Waals surface area contributed by atoms with E-state index in [9.17, 15) is 0 Å². The molecular formula is C14H24N4. The molecule has 0 aliphatic carbocycles. The molecule has 0 N–H and O–H groups in total. The lowest BCUT2D eigenvalue weighted by molar-refractivity contribution is 0.164. The number of rotatable bonds is 2. The molecule has 0 spiro atoms. The van der Waals surface area contributed by atoms with Gasteiger partial charge in [-0.05, 0) is 46.1 Å². The first-order valence-corrected chi connectivity index (χ1v) is 7.41. The summed E-state index contributed by atoms with van der Waals surface area (Å²) < 4.78 is 2.15. The van der Waals surface area contributed by atoms with E-state index in [4.69, 9.17) is 10.1 Å². The molecule has 4 heteroatoms. The maximum Gasteiger partial charge on any atom is 0.155 e. The van der Waals surface area contributed by atoms with Crippen LogP contribution in [0, 0.1) is 0 Å². The third-order valence-corrected chi connectivity index (χ3v) is 4.33. The molecule has 1 unspecified atom stereocenters. The predicted molar refractivity (Wildman–Crippen MR) is 71.6 cm³/mol. The number of fused-ring (bicyclic) bond motifs is 1. The minimum absolute atomic E-state index is 0.555. The number of hydrogen-bond acceptors (Lipinski definition) is 3. The summed E-state index contributed by atoms with van der Waals surface area (Å²) in [5.41, 5.74) is 0. The minimum Gasteiger partial charge on any atom is -0.300 e. The van der Waals surface area contributed by atoms with Crippen molar-refractivity contribution in [3.05, 3.63) is 11.6 Å². The number of likely N-dealkylation sites (tertiary alicyclic amines) is 1. The van der Waals surface area contributed by atoms with Gasteiger partial charge >= 0.3 is 0 Å². The number of hydrogen-bond donors (Lipinski definition) is 0. The molecule has 0 bridgehead atoms. The molecule has 3 heterocycles. The summed E-state index contributed by atoms with van der Waals surface area (Å²) in [5, 5.41) is 4.75. The van der Waals surface area contributed by atoms with Gasteiger partial charge in [0, 0.05) is 31.5 Å². The monoisotopic (exact) mass is 248 g/mol. The minimum atomic E-state index is 0.555. The second-order valence-corrected chi connectivity index (χ2v) is 5.99. The fourth-order valence-corrected chi connectivity index (χ4v) is 3.16. The van der Waals surface area contributed by atoms with Gasteiger partial charge < -0.3 is 4.90 Å². The number of nitrogens with zero attached hydrogens (tertiary/aromatic N) is 4. The van der Waals surface area contributed by atoms with Crippen molar-refractivity contribution in [1.82, 2.24) is 19.7 Å². The largest absolute Gasteiger partial charge is 0.300 e. The van der Waals surface area contributed by atoms with Gasteiger partial charge in [-0.25, -0.2) is 9.67 Å². The summed E-state index contributed by atoms with van der Waals surface area (Å²) in [7, 11) is 0. The van der Waals surface area contributed by atoms with Crippen LogP contribution in [0.3, 0.4) is 0 Å². The molecule has 0 amide bonds. The highest BCUT2D eigenvalue weighted by Crippen LogP contribution is 2.26. The van der Waals surface area contributed by atoms with E-state index < -0.39 is 0 Å². The average Bonchev–Trinajstić information content (AvgIpc) is 2.82. The van der Waals surface area contributed by atoms with Gasteiger partial charge in [-0.3, -0.25) is 0 Å². The molecule has 18 heavy (non-hydrogen) atoms. The quantitative estimate of drug-likeness (QED) is 0.804. The van der Waals surface area contributed by atoms with Gasteiger partial charge in [0.2, 0.25) is 0 Å². The van der Waals surface area contributed by atoms with Crippen molar-refractivity contribution in [2.75, 3.05) is 13.1 Å². The molecule has 1 aromatic rings. The lowest BCUT2D eigenvalue weighted by Gasteiger charge is -2.34. The van der Waals surface area contributed by atoms with Crippen LogP contribution in [0.5, 0.6) is 0 Å². The Kier molecular flexibility index (Phi) is 3.37. The van der Waals surface area contributed by atoms with Crippen LogP contribution in [0.4, 0.5) is 0 Å². The molecule has 1 atom stereocenters. The standard InChI is InChI=1S/C14H24N4/c1-11(2)17-8-5-6-12(10-17)14-15-13-7-3-4-9-18(13)16-14/h11-12H,3-10H2,1-2H3. The first kappa shape index (κ1) is 12.2. The molecular weight excluding hydrogens is 224 g/mol. The zero-order valence-electron chi connectivity index (χ0n) is 11.6. The summed E-state index contributed by atoms with van der Waals surface area (Å²) >= 11 is 0. The van der Waals surface area contributed by atoms with Gasteiger partial charge in [-0.1, -0.05) is 0 Å². The van der Waals surface area contributed by atoms with Gasteiger partial charge in [0.05, 0.1) is 0 Å². The summed E-state index contributed by atoms with van der Waals surface area (Å²) in [5.74, 6) is 2.88. The maximum absolute atomic E-state index is 4.79.